The predicted octanol–water partition coefficient (Wildman–Crippen LogP) is 5.47. The summed E-state index contributed by atoms with van der Waals surface area (Å²) in [5, 5.41) is 10.2. The second kappa shape index (κ2) is 12.0. The number of hydrogen-bond acceptors (Lipinski definition) is 5. The highest BCUT2D eigenvalue weighted by Crippen LogP contribution is 2.60. The maximum Gasteiger partial charge on any atom is 0.264 e. The van der Waals surface area contributed by atoms with Crippen molar-refractivity contribution >= 4 is 37.5 Å². The van der Waals surface area contributed by atoms with Gasteiger partial charge in [0, 0.05) is 42.2 Å². The Hall–Kier alpha value is -3.86. The first-order chi connectivity index (χ1) is 22.5. The number of nitrogens with zero attached hydrogens (tertiary/aromatic N) is 3. The molecule has 10 heteroatoms. The number of aliphatic hydroxyl groups is 1. The number of carbonyl (C=O) groups is 3. The minimum Gasteiger partial charge on any atom is -0.394 e. The molecule has 0 aliphatic carbocycles. The number of benzene rings is 3. The van der Waals surface area contributed by atoms with Gasteiger partial charge in [-0.25, -0.2) is 0 Å². The van der Waals surface area contributed by atoms with Crippen molar-refractivity contribution in [1.82, 2.24) is 4.90 Å². The van der Waals surface area contributed by atoms with Gasteiger partial charge in [0.25, 0.3) is 5.91 Å². The van der Waals surface area contributed by atoms with Gasteiger partial charge in [-0.3, -0.25) is 14.4 Å². The number of rotatable bonds is 7. The van der Waals surface area contributed by atoms with Crippen LogP contribution >= 0.6 is 0 Å². The van der Waals surface area contributed by atoms with Gasteiger partial charge in [0.1, 0.15) is 0 Å². The van der Waals surface area contributed by atoms with Crippen LogP contribution in [-0.2, 0) is 44.2 Å². The number of anilines is 2. The molecule has 3 aromatic rings. The number of para-hydroxylation sites is 1. The zero-order valence-corrected chi connectivity index (χ0v) is 28.2. The SMILES string of the molecule is C[C@@H]1[C@@H]([Si](C)(C)F)[C@H](CC(=O)N2Cc3ccccc3C[C@H]2CO)O[C@@]12C(=O)N(Cc1ccc(N3CCCC3=O)cc1)c1ccccc12. The van der Waals surface area contributed by atoms with Crippen LogP contribution in [0.2, 0.25) is 18.6 Å². The molecule has 0 saturated carbocycles. The Bertz CT molecular complexity index is 1710. The summed E-state index contributed by atoms with van der Waals surface area (Å²) in [6, 6.07) is 22.8. The molecule has 0 radical (unpaired) electrons. The van der Waals surface area contributed by atoms with E-state index in [1.165, 1.54) is 0 Å². The highest BCUT2D eigenvalue weighted by Gasteiger charge is 2.67. The normalized spacial score (nSPS) is 27.1. The topological polar surface area (TPSA) is 90.4 Å². The monoisotopic (exact) mass is 655 g/mol. The highest BCUT2D eigenvalue weighted by atomic mass is 28.4. The van der Waals surface area contributed by atoms with Crippen molar-refractivity contribution in [2.24, 2.45) is 5.92 Å². The molecule has 1 N–H and O–H groups in total. The molecule has 0 unspecified atom stereocenters. The van der Waals surface area contributed by atoms with Gasteiger partial charge in [0.2, 0.25) is 20.2 Å². The minimum atomic E-state index is -3.46. The Morgan fingerprint density at radius 3 is 2.40 bits per heavy atom. The van der Waals surface area contributed by atoms with Crippen LogP contribution in [0.15, 0.2) is 72.8 Å². The summed E-state index contributed by atoms with van der Waals surface area (Å²) in [4.78, 5) is 46.1. The average Bonchev–Trinajstić information content (AvgIpc) is 3.69. The lowest BCUT2D eigenvalue weighted by Crippen LogP contribution is -2.48. The van der Waals surface area contributed by atoms with Gasteiger partial charge in [-0.15, -0.1) is 0 Å². The number of fused-ring (bicyclic) bond motifs is 3. The van der Waals surface area contributed by atoms with Gasteiger partial charge < -0.3 is 28.7 Å². The number of aliphatic hydroxyl groups excluding tert-OH is 1. The average molecular weight is 656 g/mol. The molecule has 246 valence electrons. The van der Waals surface area contributed by atoms with Crippen LogP contribution < -0.4 is 9.80 Å². The number of halogens is 1. The van der Waals surface area contributed by atoms with Crippen molar-refractivity contribution in [2.45, 2.75) is 82.1 Å². The molecule has 47 heavy (non-hydrogen) atoms. The smallest absolute Gasteiger partial charge is 0.264 e. The van der Waals surface area contributed by atoms with Crippen LogP contribution in [-0.4, -0.2) is 61.4 Å². The first-order valence-electron chi connectivity index (χ1n) is 16.7. The fraction of sp³-hybridized carbons (Fsp3) is 0.432. The zero-order valence-electron chi connectivity index (χ0n) is 27.2. The van der Waals surface area contributed by atoms with Crippen LogP contribution in [0.3, 0.4) is 0 Å². The van der Waals surface area contributed by atoms with Crippen molar-refractivity contribution in [3.05, 3.63) is 95.1 Å². The molecular weight excluding hydrogens is 614 g/mol. The molecule has 7 rings (SSSR count). The maximum absolute atomic E-state index is 16.3. The molecule has 3 amide bonds. The molecule has 5 atom stereocenters. The van der Waals surface area contributed by atoms with E-state index < -0.39 is 31.6 Å². The third kappa shape index (κ3) is 5.30. The Balaban J connectivity index is 1.18. The molecule has 1 spiro atoms. The highest BCUT2D eigenvalue weighted by molar-refractivity contribution is 6.72. The van der Waals surface area contributed by atoms with Crippen LogP contribution in [0.5, 0.6) is 0 Å². The Morgan fingerprint density at radius 2 is 1.72 bits per heavy atom. The molecule has 4 aliphatic rings. The van der Waals surface area contributed by atoms with Gasteiger partial charge in [0.05, 0.1) is 37.4 Å². The molecule has 2 fully saturated rings. The fourth-order valence-corrected chi connectivity index (χ4v) is 11.1. The third-order valence-electron chi connectivity index (χ3n) is 10.8. The first kappa shape index (κ1) is 31.7. The number of ether oxygens (including phenoxy) is 1. The number of hydrogen-bond donors (Lipinski definition) is 1. The van der Waals surface area contributed by atoms with Gasteiger partial charge in [-0.1, -0.05) is 61.5 Å². The summed E-state index contributed by atoms with van der Waals surface area (Å²) >= 11 is 0. The molecule has 0 bridgehead atoms. The predicted molar refractivity (Wildman–Crippen MR) is 180 cm³/mol. The second-order valence-corrected chi connectivity index (χ2v) is 17.8. The fourth-order valence-electron chi connectivity index (χ4n) is 8.58. The molecule has 4 heterocycles. The van der Waals surface area contributed by atoms with Crippen LogP contribution in [0.4, 0.5) is 15.5 Å². The van der Waals surface area contributed by atoms with E-state index in [4.69, 9.17) is 4.74 Å². The summed E-state index contributed by atoms with van der Waals surface area (Å²) in [7, 11) is -3.46. The molecule has 2 saturated heterocycles. The third-order valence-corrected chi connectivity index (χ3v) is 13.2. The van der Waals surface area contributed by atoms with Crippen molar-refractivity contribution in [3.63, 3.8) is 0 Å². The van der Waals surface area contributed by atoms with Crippen molar-refractivity contribution in [2.75, 3.05) is 23.0 Å². The first-order valence-corrected chi connectivity index (χ1v) is 19.6. The van der Waals surface area contributed by atoms with E-state index in [9.17, 15) is 19.5 Å². The van der Waals surface area contributed by atoms with Gasteiger partial charge in [0.15, 0.2) is 5.60 Å². The minimum absolute atomic E-state index is 0.0676. The van der Waals surface area contributed by atoms with E-state index >= 15 is 4.11 Å². The lowest BCUT2D eigenvalue weighted by Gasteiger charge is -2.37. The summed E-state index contributed by atoms with van der Waals surface area (Å²) in [5.41, 5.74) is 3.29. The van der Waals surface area contributed by atoms with Crippen LogP contribution in [0.25, 0.3) is 0 Å². The number of amides is 3. The molecular formula is C37H42FN3O5Si. The molecule has 8 nitrogen and oxygen atoms in total. The lowest BCUT2D eigenvalue weighted by molar-refractivity contribution is -0.151. The molecule has 4 aliphatic heterocycles. The van der Waals surface area contributed by atoms with E-state index in [1.54, 1.807) is 27.8 Å². The summed E-state index contributed by atoms with van der Waals surface area (Å²) in [5.74, 6) is -0.842. The summed E-state index contributed by atoms with van der Waals surface area (Å²) < 4.78 is 23.2. The Kier molecular flexibility index (Phi) is 8.09. The summed E-state index contributed by atoms with van der Waals surface area (Å²) in [6.07, 6.45) is 1.09. The summed E-state index contributed by atoms with van der Waals surface area (Å²) in [6.45, 7) is 6.37. The maximum atomic E-state index is 16.3. The van der Waals surface area contributed by atoms with E-state index in [0.717, 1.165) is 34.5 Å². The molecule has 3 aromatic carbocycles. The van der Waals surface area contributed by atoms with E-state index in [2.05, 4.69) is 0 Å². The largest absolute Gasteiger partial charge is 0.394 e. The zero-order chi connectivity index (χ0) is 33.1. The van der Waals surface area contributed by atoms with Crippen molar-refractivity contribution < 1.29 is 28.3 Å². The standard InChI is InChI=1S/C37H42FN3O5Si/c1-24-35(47(2,3)38)32(20-34(44)40-22-27-10-5-4-9-26(27)19-29(40)23-42)46-37(24)30-11-6-7-12-31(30)41(36(37)45)21-25-14-16-28(17-15-25)39-18-8-13-33(39)43/h4-7,9-12,14-17,24,29,32,35,42H,8,13,18-23H2,1-3H3/t24-,29+,32+,35-,37+/m1/s1. The Labute approximate surface area is 276 Å². The number of carbonyl (C=O) groups excluding carboxylic acids is 3. The van der Waals surface area contributed by atoms with E-state index in [-0.39, 0.29) is 43.3 Å². The van der Waals surface area contributed by atoms with Crippen molar-refractivity contribution in [3.8, 4) is 0 Å². The van der Waals surface area contributed by atoms with Gasteiger partial charge in [-0.05, 0) is 60.8 Å². The lowest BCUT2D eigenvalue weighted by atomic mass is 9.82. The van der Waals surface area contributed by atoms with Crippen LogP contribution in [0, 0.1) is 5.92 Å². The van der Waals surface area contributed by atoms with Crippen LogP contribution in [0.1, 0.15) is 48.4 Å². The molecule has 0 aromatic heterocycles. The van der Waals surface area contributed by atoms with Crippen molar-refractivity contribution in [1.29, 1.82) is 0 Å². The Morgan fingerprint density at radius 1 is 1.02 bits per heavy atom. The van der Waals surface area contributed by atoms with Gasteiger partial charge >= 0.3 is 0 Å². The second-order valence-electron chi connectivity index (χ2n) is 14.0. The quantitative estimate of drug-likeness (QED) is 0.269. The van der Waals surface area contributed by atoms with Gasteiger partial charge in [-0.2, -0.15) is 0 Å². The van der Waals surface area contributed by atoms with E-state index in [0.29, 0.717) is 31.5 Å². The van der Waals surface area contributed by atoms with E-state index in [1.807, 2.05) is 79.7 Å².